The van der Waals surface area contributed by atoms with Crippen LogP contribution >= 0.6 is 0 Å². The van der Waals surface area contributed by atoms with E-state index in [1.165, 1.54) is 0 Å². The normalized spacial score (nSPS) is 19.9. The molecule has 3 rings (SSSR count). The number of anilines is 1. The van der Waals surface area contributed by atoms with Gasteiger partial charge >= 0.3 is 5.97 Å². The first-order valence-electron chi connectivity index (χ1n) is 10.6. The van der Waals surface area contributed by atoms with Crippen LogP contribution in [0.3, 0.4) is 0 Å². The van der Waals surface area contributed by atoms with Gasteiger partial charge in [-0.15, -0.1) is 0 Å². The fourth-order valence-corrected chi connectivity index (χ4v) is 3.77. The number of hydrogen-bond donors (Lipinski definition) is 1. The Kier molecular flexibility index (Phi) is 7.81. The van der Waals surface area contributed by atoms with E-state index in [0.29, 0.717) is 31.1 Å². The number of nitrogens with one attached hydrogen (secondary N) is 1. The number of carbonyl (C=O) groups is 3. The third-order valence-corrected chi connectivity index (χ3v) is 5.18. The third-order valence-electron chi connectivity index (χ3n) is 5.18. The Hall–Kier alpha value is -2.45. The summed E-state index contributed by atoms with van der Waals surface area (Å²) in [6.45, 7) is 8.29. The average Bonchev–Trinajstić information content (AvgIpc) is 3.16. The molecule has 0 bridgehead atoms. The van der Waals surface area contributed by atoms with Crippen LogP contribution in [-0.4, -0.2) is 74.7 Å². The summed E-state index contributed by atoms with van der Waals surface area (Å²) >= 11 is 0. The van der Waals surface area contributed by atoms with Crippen LogP contribution in [0.25, 0.3) is 0 Å². The molecule has 0 aliphatic carbocycles. The van der Waals surface area contributed by atoms with Crippen LogP contribution in [0, 0.1) is 5.92 Å². The van der Waals surface area contributed by atoms with Crippen molar-refractivity contribution in [1.82, 2.24) is 10.2 Å². The summed E-state index contributed by atoms with van der Waals surface area (Å²) in [6, 6.07) is 6.81. The van der Waals surface area contributed by atoms with Gasteiger partial charge in [-0.2, -0.15) is 0 Å². The molecule has 0 radical (unpaired) electrons. The second-order valence-corrected chi connectivity index (χ2v) is 8.21. The van der Waals surface area contributed by atoms with Crippen LogP contribution < -0.4 is 10.2 Å². The fraction of sp³-hybridized carbons (Fsp3) is 0.591. The highest BCUT2D eigenvalue weighted by atomic mass is 16.6. The highest BCUT2D eigenvalue weighted by molar-refractivity contribution is 5.98. The molecule has 0 spiro atoms. The lowest BCUT2D eigenvalue weighted by Gasteiger charge is -2.33. The summed E-state index contributed by atoms with van der Waals surface area (Å²) in [5.74, 6) is -0.175. The molecule has 0 saturated carbocycles. The van der Waals surface area contributed by atoms with E-state index in [9.17, 15) is 14.4 Å². The smallest absolute Gasteiger partial charge is 0.325 e. The molecular formula is C22H31N3O5. The van der Waals surface area contributed by atoms with Crippen LogP contribution in [0.1, 0.15) is 37.0 Å². The molecule has 8 heteroatoms. The quantitative estimate of drug-likeness (QED) is 0.644. The monoisotopic (exact) mass is 417 g/mol. The van der Waals surface area contributed by atoms with Gasteiger partial charge in [-0.25, -0.2) is 0 Å². The number of benzene rings is 1. The van der Waals surface area contributed by atoms with E-state index in [4.69, 9.17) is 9.47 Å². The molecule has 2 fully saturated rings. The standard InChI is InChI=1S/C22H31N3O5/c1-16(2)13-24-10-11-29-19(14-24)15-30-21(27)12-23-22(28)17-5-7-18(8-6-17)25-9-3-4-20(25)26/h5-8,16,19H,3-4,9-15H2,1-2H3,(H,23,28)/t19-/m0/s1. The van der Waals surface area contributed by atoms with Crippen LogP contribution in [0.15, 0.2) is 24.3 Å². The summed E-state index contributed by atoms with van der Waals surface area (Å²) < 4.78 is 10.9. The van der Waals surface area contributed by atoms with E-state index in [1.807, 2.05) is 0 Å². The summed E-state index contributed by atoms with van der Waals surface area (Å²) in [4.78, 5) is 40.1. The van der Waals surface area contributed by atoms with Gasteiger partial charge < -0.3 is 19.7 Å². The molecule has 1 aromatic rings. The maximum absolute atomic E-state index is 12.3. The lowest BCUT2D eigenvalue weighted by Crippen LogP contribution is -2.46. The van der Waals surface area contributed by atoms with Crippen molar-refractivity contribution < 1.29 is 23.9 Å². The largest absolute Gasteiger partial charge is 0.462 e. The molecule has 164 valence electrons. The van der Waals surface area contributed by atoms with Crippen LogP contribution in [0.5, 0.6) is 0 Å². The predicted octanol–water partition coefficient (Wildman–Crippen LogP) is 1.44. The number of morpholine rings is 1. The van der Waals surface area contributed by atoms with E-state index in [2.05, 4.69) is 24.1 Å². The van der Waals surface area contributed by atoms with Gasteiger partial charge in [0, 0.05) is 43.9 Å². The van der Waals surface area contributed by atoms with E-state index in [0.717, 1.165) is 31.7 Å². The Balaban J connectivity index is 1.39. The zero-order valence-electron chi connectivity index (χ0n) is 17.8. The van der Waals surface area contributed by atoms with E-state index >= 15 is 0 Å². The van der Waals surface area contributed by atoms with Crippen molar-refractivity contribution in [1.29, 1.82) is 0 Å². The van der Waals surface area contributed by atoms with Gasteiger partial charge in [0.05, 0.1) is 6.61 Å². The van der Waals surface area contributed by atoms with Crippen LogP contribution in [0.2, 0.25) is 0 Å². The minimum absolute atomic E-state index is 0.101. The van der Waals surface area contributed by atoms with Crippen molar-refractivity contribution in [3.63, 3.8) is 0 Å². The van der Waals surface area contributed by atoms with Gasteiger partial charge in [0.2, 0.25) is 5.91 Å². The average molecular weight is 418 g/mol. The maximum Gasteiger partial charge on any atom is 0.325 e. The van der Waals surface area contributed by atoms with Crippen molar-refractivity contribution in [3.8, 4) is 0 Å². The van der Waals surface area contributed by atoms with Gasteiger partial charge in [0.15, 0.2) is 0 Å². The number of ether oxygens (including phenoxy) is 2. The number of hydrogen-bond acceptors (Lipinski definition) is 6. The van der Waals surface area contributed by atoms with Gasteiger partial charge in [0.1, 0.15) is 19.3 Å². The second kappa shape index (κ2) is 10.5. The van der Waals surface area contributed by atoms with Crippen LogP contribution in [0.4, 0.5) is 5.69 Å². The highest BCUT2D eigenvalue weighted by Crippen LogP contribution is 2.21. The van der Waals surface area contributed by atoms with Gasteiger partial charge in [0.25, 0.3) is 5.91 Å². The first kappa shape index (κ1) is 22.2. The molecule has 1 N–H and O–H groups in total. The highest BCUT2D eigenvalue weighted by Gasteiger charge is 2.23. The van der Waals surface area contributed by atoms with Crippen molar-refractivity contribution in [3.05, 3.63) is 29.8 Å². The zero-order chi connectivity index (χ0) is 21.5. The molecule has 1 atom stereocenters. The summed E-state index contributed by atoms with van der Waals surface area (Å²) in [7, 11) is 0. The summed E-state index contributed by atoms with van der Waals surface area (Å²) in [5, 5.41) is 2.57. The number of amides is 2. The molecule has 2 amide bonds. The molecule has 30 heavy (non-hydrogen) atoms. The number of carbonyl (C=O) groups excluding carboxylic acids is 3. The molecule has 1 aromatic carbocycles. The van der Waals surface area contributed by atoms with Gasteiger partial charge in [-0.3, -0.25) is 19.3 Å². The van der Waals surface area contributed by atoms with E-state index < -0.39 is 5.97 Å². The Morgan fingerprint density at radius 1 is 1.23 bits per heavy atom. The van der Waals surface area contributed by atoms with Crippen molar-refractivity contribution in [2.24, 2.45) is 5.92 Å². The SMILES string of the molecule is CC(C)CN1CCO[C@H](COC(=O)CNC(=O)c2ccc(N3CCCC3=O)cc2)C1. The minimum atomic E-state index is -0.493. The fourth-order valence-electron chi connectivity index (χ4n) is 3.77. The number of rotatable bonds is 8. The third kappa shape index (κ3) is 6.27. The van der Waals surface area contributed by atoms with Crippen molar-refractivity contribution in [2.45, 2.75) is 32.8 Å². The van der Waals surface area contributed by atoms with Crippen molar-refractivity contribution >= 4 is 23.5 Å². The Morgan fingerprint density at radius 2 is 2.00 bits per heavy atom. The molecular weight excluding hydrogens is 386 g/mol. The predicted molar refractivity (Wildman–Crippen MR) is 112 cm³/mol. The van der Waals surface area contributed by atoms with E-state index in [-0.39, 0.29) is 31.1 Å². The first-order chi connectivity index (χ1) is 14.4. The minimum Gasteiger partial charge on any atom is -0.462 e. The number of nitrogens with zero attached hydrogens (tertiary/aromatic N) is 2. The number of esters is 1. The Bertz CT molecular complexity index is 750. The summed E-state index contributed by atoms with van der Waals surface area (Å²) in [6.07, 6.45) is 1.27. The second-order valence-electron chi connectivity index (χ2n) is 8.21. The Morgan fingerprint density at radius 3 is 2.67 bits per heavy atom. The molecule has 8 nitrogen and oxygen atoms in total. The van der Waals surface area contributed by atoms with Gasteiger partial charge in [-0.1, -0.05) is 13.8 Å². The first-order valence-corrected chi connectivity index (χ1v) is 10.6. The molecule has 2 heterocycles. The van der Waals surface area contributed by atoms with Crippen LogP contribution in [-0.2, 0) is 19.1 Å². The van der Waals surface area contributed by atoms with Gasteiger partial charge in [-0.05, 0) is 36.6 Å². The van der Waals surface area contributed by atoms with Crippen molar-refractivity contribution in [2.75, 3.05) is 50.8 Å². The zero-order valence-corrected chi connectivity index (χ0v) is 17.8. The molecule has 2 aliphatic rings. The molecule has 2 aliphatic heterocycles. The lowest BCUT2D eigenvalue weighted by atomic mass is 10.2. The molecule has 0 unspecified atom stereocenters. The molecule has 2 saturated heterocycles. The summed E-state index contributed by atoms with van der Waals surface area (Å²) in [5.41, 5.74) is 1.21. The van der Waals surface area contributed by atoms with E-state index in [1.54, 1.807) is 29.2 Å². The molecule has 0 aromatic heterocycles. The maximum atomic E-state index is 12.3. The Labute approximate surface area is 177 Å². The topological polar surface area (TPSA) is 88.2 Å². The lowest BCUT2D eigenvalue weighted by molar-refractivity contribution is -0.149.